The molecule has 0 aliphatic heterocycles. The predicted octanol–water partition coefficient (Wildman–Crippen LogP) is 2.44. The SMILES string of the molecule is COc1cc2c(C)nc3[nH]ncc3c2cc1OC. The summed E-state index contributed by atoms with van der Waals surface area (Å²) in [7, 11) is 3.26. The topological polar surface area (TPSA) is 60.0 Å². The Hall–Kier alpha value is -2.30. The Balaban J connectivity index is 2.48. The number of nitrogens with zero attached hydrogens (tertiary/aromatic N) is 2. The zero-order chi connectivity index (χ0) is 12.7. The maximum atomic E-state index is 5.33. The van der Waals surface area contributed by atoms with Gasteiger partial charge >= 0.3 is 0 Å². The van der Waals surface area contributed by atoms with Crippen LogP contribution in [-0.2, 0) is 0 Å². The Kier molecular flexibility index (Phi) is 2.33. The summed E-state index contributed by atoms with van der Waals surface area (Å²) in [6.07, 6.45) is 1.77. The van der Waals surface area contributed by atoms with Crippen LogP contribution in [0.25, 0.3) is 21.8 Å². The van der Waals surface area contributed by atoms with Gasteiger partial charge in [0.05, 0.1) is 20.4 Å². The summed E-state index contributed by atoms with van der Waals surface area (Å²) < 4.78 is 10.7. The number of fused-ring (bicyclic) bond motifs is 3. The highest BCUT2D eigenvalue weighted by molar-refractivity contribution is 6.06. The Labute approximate surface area is 104 Å². The molecule has 0 unspecified atom stereocenters. The van der Waals surface area contributed by atoms with E-state index in [1.807, 2.05) is 19.1 Å². The summed E-state index contributed by atoms with van der Waals surface area (Å²) in [4.78, 5) is 4.48. The lowest BCUT2D eigenvalue weighted by Crippen LogP contribution is -1.93. The third-order valence-electron chi connectivity index (χ3n) is 3.10. The quantitative estimate of drug-likeness (QED) is 0.751. The van der Waals surface area contributed by atoms with Crippen LogP contribution in [0, 0.1) is 6.92 Å². The molecule has 1 N–H and O–H groups in total. The van der Waals surface area contributed by atoms with E-state index in [-0.39, 0.29) is 0 Å². The Bertz CT molecular complexity index is 734. The number of H-pyrrole nitrogens is 1. The monoisotopic (exact) mass is 243 g/mol. The fraction of sp³-hybridized carbons (Fsp3) is 0.231. The summed E-state index contributed by atoms with van der Waals surface area (Å²) in [6.45, 7) is 1.97. The minimum atomic E-state index is 0.706. The highest BCUT2D eigenvalue weighted by Crippen LogP contribution is 2.35. The highest BCUT2D eigenvalue weighted by Gasteiger charge is 2.12. The number of ether oxygens (including phenoxy) is 2. The van der Waals surface area contributed by atoms with Gasteiger partial charge in [0.15, 0.2) is 17.1 Å². The maximum absolute atomic E-state index is 5.33. The van der Waals surface area contributed by atoms with Crippen molar-refractivity contribution >= 4 is 21.8 Å². The standard InChI is InChI=1S/C13H13N3O2/c1-7-8-4-11(17-2)12(18-3)5-9(8)10-6-14-16-13(10)15-7/h4-6H,1-3H3,(H,14,15,16). The lowest BCUT2D eigenvalue weighted by atomic mass is 10.1. The summed E-state index contributed by atoms with van der Waals surface area (Å²) in [5.74, 6) is 1.41. The summed E-state index contributed by atoms with van der Waals surface area (Å²) >= 11 is 0. The molecule has 2 aromatic heterocycles. The molecule has 0 bridgehead atoms. The fourth-order valence-electron chi connectivity index (χ4n) is 2.19. The first kappa shape index (κ1) is 10.8. The van der Waals surface area contributed by atoms with Crippen LogP contribution in [0.3, 0.4) is 0 Å². The molecule has 18 heavy (non-hydrogen) atoms. The molecule has 0 atom stereocenters. The largest absolute Gasteiger partial charge is 0.493 e. The normalized spacial score (nSPS) is 11.1. The van der Waals surface area contributed by atoms with Crippen molar-refractivity contribution in [2.45, 2.75) is 6.92 Å². The summed E-state index contributed by atoms with van der Waals surface area (Å²) in [5.41, 5.74) is 1.72. The molecule has 0 saturated heterocycles. The van der Waals surface area contributed by atoms with Gasteiger partial charge in [-0.3, -0.25) is 5.10 Å². The third kappa shape index (κ3) is 1.40. The van der Waals surface area contributed by atoms with Crippen molar-refractivity contribution in [2.75, 3.05) is 14.2 Å². The third-order valence-corrected chi connectivity index (χ3v) is 3.10. The van der Waals surface area contributed by atoms with Gasteiger partial charge in [-0.1, -0.05) is 0 Å². The molecule has 0 saturated carbocycles. The number of rotatable bonds is 2. The molecule has 2 heterocycles. The second-order valence-corrected chi connectivity index (χ2v) is 4.08. The average Bonchev–Trinajstić information content (AvgIpc) is 2.85. The minimum absolute atomic E-state index is 0.706. The second-order valence-electron chi connectivity index (χ2n) is 4.08. The molecule has 5 heteroatoms. The van der Waals surface area contributed by atoms with Gasteiger partial charge in [-0.25, -0.2) is 4.98 Å². The van der Waals surface area contributed by atoms with E-state index >= 15 is 0 Å². The van der Waals surface area contributed by atoms with Gasteiger partial charge in [-0.05, 0) is 19.1 Å². The van der Waals surface area contributed by atoms with Gasteiger partial charge in [0.1, 0.15) is 0 Å². The lowest BCUT2D eigenvalue weighted by Gasteiger charge is -2.10. The van der Waals surface area contributed by atoms with Crippen molar-refractivity contribution in [3.63, 3.8) is 0 Å². The van der Waals surface area contributed by atoms with Crippen LogP contribution in [0.15, 0.2) is 18.3 Å². The van der Waals surface area contributed by atoms with Crippen molar-refractivity contribution in [3.05, 3.63) is 24.0 Å². The predicted molar refractivity (Wildman–Crippen MR) is 69.2 cm³/mol. The number of methoxy groups -OCH3 is 2. The van der Waals surface area contributed by atoms with Gasteiger partial charge in [-0.15, -0.1) is 0 Å². The molecule has 1 aromatic carbocycles. The van der Waals surface area contributed by atoms with Crippen LogP contribution in [-0.4, -0.2) is 29.4 Å². The second kappa shape index (κ2) is 3.87. The Morgan fingerprint density at radius 2 is 1.67 bits per heavy atom. The lowest BCUT2D eigenvalue weighted by molar-refractivity contribution is 0.356. The van der Waals surface area contributed by atoms with Crippen LogP contribution in [0.2, 0.25) is 0 Å². The number of aromatic amines is 1. The Morgan fingerprint density at radius 1 is 1.00 bits per heavy atom. The Morgan fingerprint density at radius 3 is 2.33 bits per heavy atom. The van der Waals surface area contributed by atoms with Gasteiger partial charge in [0.25, 0.3) is 0 Å². The number of aryl methyl sites for hydroxylation is 1. The van der Waals surface area contributed by atoms with Crippen molar-refractivity contribution in [2.24, 2.45) is 0 Å². The van der Waals surface area contributed by atoms with E-state index in [0.717, 1.165) is 27.5 Å². The van der Waals surface area contributed by atoms with Gasteiger partial charge < -0.3 is 9.47 Å². The molecule has 92 valence electrons. The average molecular weight is 243 g/mol. The number of hydrogen-bond donors (Lipinski definition) is 1. The summed E-state index contributed by atoms with van der Waals surface area (Å²) in [5, 5.41) is 10.0. The molecule has 3 aromatic rings. The van der Waals surface area contributed by atoms with Crippen LogP contribution < -0.4 is 9.47 Å². The smallest absolute Gasteiger partial charge is 0.161 e. The molecule has 0 aliphatic rings. The van der Waals surface area contributed by atoms with E-state index in [1.165, 1.54) is 0 Å². The zero-order valence-corrected chi connectivity index (χ0v) is 10.4. The highest BCUT2D eigenvalue weighted by atomic mass is 16.5. The van der Waals surface area contributed by atoms with Crippen molar-refractivity contribution in [1.29, 1.82) is 0 Å². The number of benzene rings is 1. The van der Waals surface area contributed by atoms with Crippen LogP contribution in [0.1, 0.15) is 5.69 Å². The first-order valence-corrected chi connectivity index (χ1v) is 5.60. The molecule has 0 spiro atoms. The van der Waals surface area contributed by atoms with Crippen molar-refractivity contribution < 1.29 is 9.47 Å². The molecule has 3 rings (SSSR count). The fourth-order valence-corrected chi connectivity index (χ4v) is 2.19. The van der Waals surface area contributed by atoms with E-state index in [9.17, 15) is 0 Å². The van der Waals surface area contributed by atoms with Gasteiger partial charge in [0, 0.05) is 21.9 Å². The van der Waals surface area contributed by atoms with Crippen molar-refractivity contribution in [1.82, 2.24) is 15.2 Å². The van der Waals surface area contributed by atoms with E-state index in [1.54, 1.807) is 20.4 Å². The van der Waals surface area contributed by atoms with E-state index in [2.05, 4.69) is 15.2 Å². The van der Waals surface area contributed by atoms with E-state index < -0.39 is 0 Å². The van der Waals surface area contributed by atoms with E-state index in [0.29, 0.717) is 11.5 Å². The number of pyridine rings is 1. The molecule has 0 aliphatic carbocycles. The van der Waals surface area contributed by atoms with Gasteiger partial charge in [-0.2, -0.15) is 5.10 Å². The molecule has 0 radical (unpaired) electrons. The first-order chi connectivity index (χ1) is 8.74. The van der Waals surface area contributed by atoms with Crippen LogP contribution in [0.4, 0.5) is 0 Å². The number of nitrogens with one attached hydrogen (secondary N) is 1. The molecular formula is C13H13N3O2. The van der Waals surface area contributed by atoms with Crippen LogP contribution >= 0.6 is 0 Å². The number of hydrogen-bond acceptors (Lipinski definition) is 4. The molecule has 0 fully saturated rings. The minimum Gasteiger partial charge on any atom is -0.493 e. The maximum Gasteiger partial charge on any atom is 0.161 e. The zero-order valence-electron chi connectivity index (χ0n) is 10.4. The summed E-state index contributed by atoms with van der Waals surface area (Å²) in [6, 6.07) is 3.91. The number of aromatic nitrogens is 3. The molecule has 5 nitrogen and oxygen atoms in total. The van der Waals surface area contributed by atoms with E-state index in [4.69, 9.17) is 9.47 Å². The van der Waals surface area contributed by atoms with Gasteiger partial charge in [0.2, 0.25) is 0 Å². The first-order valence-electron chi connectivity index (χ1n) is 5.60. The molecular weight excluding hydrogens is 230 g/mol. The van der Waals surface area contributed by atoms with Crippen LogP contribution in [0.5, 0.6) is 11.5 Å². The molecule has 0 amide bonds. The van der Waals surface area contributed by atoms with Crippen molar-refractivity contribution in [3.8, 4) is 11.5 Å².